The van der Waals surface area contributed by atoms with E-state index in [2.05, 4.69) is 136 Å². The Labute approximate surface area is 290 Å². The molecule has 2 aliphatic carbocycles. The molecule has 0 saturated heterocycles. The van der Waals surface area contributed by atoms with Gasteiger partial charge in [-0.15, -0.1) is 0 Å². The Kier molecular flexibility index (Phi) is 8.47. The van der Waals surface area contributed by atoms with Crippen LogP contribution in [-0.4, -0.2) is 53.2 Å². The van der Waals surface area contributed by atoms with E-state index in [4.69, 9.17) is 0 Å². The number of aromatic nitrogens is 6. The summed E-state index contributed by atoms with van der Waals surface area (Å²) < 4.78 is 0. The molecule has 8 nitrogen and oxygen atoms in total. The second-order valence-corrected chi connectivity index (χ2v) is 18.3. The van der Waals surface area contributed by atoms with Gasteiger partial charge in [0.15, 0.2) is 0 Å². The van der Waals surface area contributed by atoms with E-state index in [1.165, 1.54) is 0 Å². The lowest BCUT2D eigenvalue weighted by Crippen LogP contribution is -2.50. The molecule has 260 valence electrons. The lowest BCUT2D eigenvalue weighted by Gasteiger charge is -2.49. The summed E-state index contributed by atoms with van der Waals surface area (Å²) in [5.74, 6) is 0. The van der Waals surface area contributed by atoms with Crippen molar-refractivity contribution in [2.24, 2.45) is 21.7 Å². The monoisotopic (exact) mass is 662 g/mol. The Morgan fingerprint density at radius 3 is 1.35 bits per heavy atom. The summed E-state index contributed by atoms with van der Waals surface area (Å²) in [6.07, 6.45) is 13.0. The van der Waals surface area contributed by atoms with Crippen LogP contribution in [0.5, 0.6) is 0 Å². The molecular weight excluding hydrogens is 608 g/mol. The maximum Gasteiger partial charge on any atom is 0.117 e. The molecule has 0 fully saturated rings. The van der Waals surface area contributed by atoms with Crippen LogP contribution in [0.15, 0.2) is 84.0 Å². The van der Waals surface area contributed by atoms with Crippen molar-refractivity contribution in [3.05, 3.63) is 95.1 Å². The predicted octanol–water partition coefficient (Wildman–Crippen LogP) is 8.43. The lowest BCUT2D eigenvalue weighted by atomic mass is 9.55. The van der Waals surface area contributed by atoms with Crippen LogP contribution in [-0.2, 0) is 10.8 Å². The summed E-state index contributed by atoms with van der Waals surface area (Å²) in [5.41, 5.74) is 4.56. The molecule has 4 unspecified atom stereocenters. The third-order valence-electron chi connectivity index (χ3n) is 10.6. The summed E-state index contributed by atoms with van der Waals surface area (Å²) in [5, 5.41) is 48.8. The summed E-state index contributed by atoms with van der Waals surface area (Å²) >= 11 is 0. The maximum atomic E-state index is 12.5. The van der Waals surface area contributed by atoms with E-state index in [9.17, 15) is 10.2 Å². The topological polar surface area (TPSA) is 124 Å². The minimum atomic E-state index is -1.01. The molecule has 0 amide bonds. The van der Waals surface area contributed by atoms with E-state index >= 15 is 0 Å². The number of nitrogens with zero attached hydrogens (tertiary/aromatic N) is 4. The van der Waals surface area contributed by atoms with Crippen molar-refractivity contribution in [2.45, 2.75) is 112 Å². The van der Waals surface area contributed by atoms with Crippen LogP contribution in [0, 0.1) is 21.7 Å². The van der Waals surface area contributed by atoms with Crippen molar-refractivity contribution >= 4 is 22.1 Å². The summed E-state index contributed by atoms with van der Waals surface area (Å²) in [7, 11) is 0. The van der Waals surface area contributed by atoms with Gasteiger partial charge in [0.25, 0.3) is 0 Å². The van der Waals surface area contributed by atoms with Crippen LogP contribution in [0.3, 0.4) is 0 Å². The molecule has 0 bridgehead atoms. The molecule has 0 radical (unpaired) electrons. The molecular formula is C41H54N6O2. The fourth-order valence-corrected chi connectivity index (χ4v) is 9.20. The number of para-hydroxylation sites is 2. The van der Waals surface area contributed by atoms with Crippen molar-refractivity contribution in [3.8, 4) is 0 Å². The Morgan fingerprint density at radius 2 is 0.980 bits per heavy atom. The molecule has 4 atom stereocenters. The van der Waals surface area contributed by atoms with E-state index in [-0.39, 0.29) is 21.7 Å². The standard InChI is InChI=1S/C41H54N6O2/c1-36(2,3)23-38(7,8)26-17-19-32(48)40(21-26,28-13-11-15-30-34(28)44-46-42-30)25-41(29-14-12-16-31-35(29)45-47-43-31)22-27(18-20-33(41)49)39(9,10)24-37(4,5)6/h11-22,32-33,48-49H,23-25H2,1-10H3,(H,42,44,46)(H,43,45,47). The molecule has 0 aliphatic heterocycles. The minimum Gasteiger partial charge on any atom is -0.388 e. The number of aliphatic hydroxyl groups is 2. The van der Waals surface area contributed by atoms with Gasteiger partial charge < -0.3 is 10.2 Å². The molecule has 2 aromatic heterocycles. The van der Waals surface area contributed by atoms with Crippen molar-refractivity contribution in [3.63, 3.8) is 0 Å². The van der Waals surface area contributed by atoms with Gasteiger partial charge in [-0.3, -0.25) is 0 Å². The number of aliphatic hydroxyl groups excluding tert-OH is 2. The fraction of sp³-hybridized carbons (Fsp3) is 0.512. The third-order valence-corrected chi connectivity index (χ3v) is 10.6. The van der Waals surface area contributed by atoms with Crippen molar-refractivity contribution in [1.82, 2.24) is 30.8 Å². The average Bonchev–Trinajstić information content (AvgIpc) is 3.66. The highest BCUT2D eigenvalue weighted by Gasteiger charge is 2.52. The van der Waals surface area contributed by atoms with Crippen LogP contribution in [0.25, 0.3) is 22.1 Å². The first-order valence-electron chi connectivity index (χ1n) is 17.6. The molecule has 4 N–H and O–H groups in total. The van der Waals surface area contributed by atoms with Crippen LogP contribution in [0.4, 0.5) is 0 Å². The second kappa shape index (κ2) is 11.9. The number of benzene rings is 2. The van der Waals surface area contributed by atoms with Gasteiger partial charge in [-0.25, -0.2) is 0 Å². The van der Waals surface area contributed by atoms with E-state index in [1.807, 2.05) is 36.4 Å². The van der Waals surface area contributed by atoms with Gasteiger partial charge in [-0.2, -0.15) is 30.8 Å². The zero-order valence-electron chi connectivity index (χ0n) is 30.9. The quantitative estimate of drug-likeness (QED) is 0.150. The molecule has 49 heavy (non-hydrogen) atoms. The van der Waals surface area contributed by atoms with E-state index < -0.39 is 23.0 Å². The first-order valence-corrected chi connectivity index (χ1v) is 17.6. The molecule has 2 aromatic carbocycles. The van der Waals surface area contributed by atoms with Crippen molar-refractivity contribution in [1.29, 1.82) is 0 Å². The van der Waals surface area contributed by atoms with Gasteiger partial charge in [0.2, 0.25) is 0 Å². The highest BCUT2D eigenvalue weighted by atomic mass is 16.3. The Balaban J connectivity index is 1.68. The highest BCUT2D eigenvalue weighted by Crippen LogP contribution is 2.55. The number of hydrogen-bond donors (Lipinski definition) is 4. The smallest absolute Gasteiger partial charge is 0.117 e. The zero-order chi connectivity index (χ0) is 35.6. The molecule has 4 aromatic rings. The van der Waals surface area contributed by atoms with Gasteiger partial charge in [0, 0.05) is 10.8 Å². The molecule has 2 heterocycles. The van der Waals surface area contributed by atoms with E-state index in [1.54, 1.807) is 0 Å². The normalized spacial score (nSPS) is 25.2. The maximum absolute atomic E-state index is 12.5. The summed E-state index contributed by atoms with van der Waals surface area (Å²) in [6.45, 7) is 22.7. The average molecular weight is 663 g/mol. The third kappa shape index (κ3) is 6.45. The van der Waals surface area contributed by atoms with Gasteiger partial charge in [0.05, 0.1) is 12.2 Å². The molecule has 0 saturated carbocycles. The first kappa shape index (κ1) is 35.0. The Hall–Kier alpha value is -3.88. The van der Waals surface area contributed by atoms with Gasteiger partial charge in [-0.1, -0.05) is 130 Å². The fourth-order valence-electron chi connectivity index (χ4n) is 9.20. The van der Waals surface area contributed by atoms with Gasteiger partial charge in [-0.05, 0) is 75.3 Å². The van der Waals surface area contributed by atoms with Crippen LogP contribution >= 0.6 is 0 Å². The summed E-state index contributed by atoms with van der Waals surface area (Å²) in [6, 6.07) is 12.0. The first-order chi connectivity index (χ1) is 22.8. The number of fused-ring (bicyclic) bond motifs is 2. The molecule has 0 spiro atoms. The van der Waals surface area contributed by atoms with Crippen LogP contribution < -0.4 is 0 Å². The second-order valence-electron chi connectivity index (χ2n) is 18.3. The number of rotatable bonds is 8. The number of allylic oxidation sites excluding steroid dienone is 4. The molecule has 2 aliphatic rings. The van der Waals surface area contributed by atoms with E-state index in [0.29, 0.717) is 17.5 Å². The van der Waals surface area contributed by atoms with Crippen molar-refractivity contribution < 1.29 is 10.2 Å². The molecule has 8 heteroatoms. The minimum absolute atomic E-state index is 0.0769. The largest absolute Gasteiger partial charge is 0.388 e. The highest BCUT2D eigenvalue weighted by molar-refractivity contribution is 5.81. The van der Waals surface area contributed by atoms with Crippen LogP contribution in [0.1, 0.15) is 99.6 Å². The zero-order valence-corrected chi connectivity index (χ0v) is 30.9. The van der Waals surface area contributed by atoms with Gasteiger partial charge in [0.1, 0.15) is 22.1 Å². The Bertz CT molecular complexity index is 1840. The lowest BCUT2D eigenvalue weighted by molar-refractivity contribution is 0.0839. The number of aromatic amines is 2. The molecule has 6 rings (SSSR count). The summed E-state index contributed by atoms with van der Waals surface area (Å²) in [4.78, 5) is 0. The Morgan fingerprint density at radius 1 is 0.592 bits per heavy atom. The van der Waals surface area contributed by atoms with Gasteiger partial charge >= 0.3 is 0 Å². The van der Waals surface area contributed by atoms with Crippen molar-refractivity contribution in [2.75, 3.05) is 0 Å². The van der Waals surface area contributed by atoms with E-state index in [0.717, 1.165) is 46.1 Å². The number of hydrogen-bond acceptors (Lipinski definition) is 6. The SMILES string of the molecule is CC(C)(C)CC(C)(C)C1=CC(CC2(c3cccc4n[nH]nc34)C=C(C(C)(C)CC(C)(C)C)C=CC2O)(c2cccc3n[nH]nc23)C(O)C=C1. The predicted molar refractivity (Wildman–Crippen MR) is 198 cm³/mol. The van der Waals surface area contributed by atoms with Crippen LogP contribution in [0.2, 0.25) is 0 Å². The number of H-pyrrole nitrogens is 2. The number of nitrogens with one attached hydrogen (secondary N) is 2.